The lowest BCUT2D eigenvalue weighted by Crippen LogP contribution is -2.21. The van der Waals surface area contributed by atoms with E-state index in [0.717, 1.165) is 25.9 Å². The fraction of sp³-hybridized carbons (Fsp3) is 0.385. The molecule has 0 saturated carbocycles. The van der Waals surface area contributed by atoms with Crippen LogP contribution >= 0.6 is 0 Å². The molecule has 1 heterocycles. The Morgan fingerprint density at radius 2 is 2.21 bits per heavy atom. The van der Waals surface area contributed by atoms with Crippen LogP contribution in [0.15, 0.2) is 24.3 Å². The molecule has 1 aliphatic rings. The minimum absolute atomic E-state index is 0.888. The first kappa shape index (κ1) is 9.15. The monoisotopic (exact) mass is 185 g/mol. The molecular weight excluding hydrogens is 170 g/mol. The number of terminal acetylenes is 1. The summed E-state index contributed by atoms with van der Waals surface area (Å²) >= 11 is 0. The lowest BCUT2D eigenvalue weighted by atomic mass is 10.2. The molecule has 0 bridgehead atoms. The molecular formula is C13H15N. The summed E-state index contributed by atoms with van der Waals surface area (Å²) in [6.07, 6.45) is 8.42. The number of nitrogens with zero attached hydrogens (tertiary/aromatic N) is 1. The second-order valence-electron chi connectivity index (χ2n) is 3.67. The van der Waals surface area contributed by atoms with Gasteiger partial charge in [0.15, 0.2) is 0 Å². The molecule has 0 spiro atoms. The highest BCUT2D eigenvalue weighted by Gasteiger charge is 2.16. The van der Waals surface area contributed by atoms with Gasteiger partial charge >= 0.3 is 0 Å². The number of fused-ring (bicyclic) bond motifs is 1. The van der Waals surface area contributed by atoms with Gasteiger partial charge in [-0.15, -0.1) is 12.3 Å². The molecule has 0 fully saturated rings. The van der Waals surface area contributed by atoms with Gasteiger partial charge in [0.05, 0.1) is 0 Å². The van der Waals surface area contributed by atoms with E-state index in [0.29, 0.717) is 0 Å². The van der Waals surface area contributed by atoms with E-state index in [2.05, 4.69) is 35.1 Å². The van der Waals surface area contributed by atoms with Crippen molar-refractivity contribution in [2.75, 3.05) is 18.0 Å². The molecule has 1 aliphatic heterocycles. The molecule has 0 aromatic heterocycles. The number of unbranched alkanes of at least 4 members (excludes halogenated alkanes) is 1. The Labute approximate surface area is 85.7 Å². The first-order valence-corrected chi connectivity index (χ1v) is 5.18. The molecule has 0 amide bonds. The van der Waals surface area contributed by atoms with E-state index in [-0.39, 0.29) is 0 Å². The van der Waals surface area contributed by atoms with Crippen molar-refractivity contribution in [1.82, 2.24) is 0 Å². The van der Waals surface area contributed by atoms with E-state index in [1.54, 1.807) is 0 Å². The Kier molecular flexibility index (Phi) is 2.74. The van der Waals surface area contributed by atoms with Crippen LogP contribution in [-0.4, -0.2) is 13.1 Å². The summed E-state index contributed by atoms with van der Waals surface area (Å²) in [7, 11) is 0. The van der Waals surface area contributed by atoms with Crippen LogP contribution in [0.1, 0.15) is 18.4 Å². The number of benzene rings is 1. The van der Waals surface area contributed by atoms with Gasteiger partial charge in [0.2, 0.25) is 0 Å². The van der Waals surface area contributed by atoms with Crippen LogP contribution < -0.4 is 4.90 Å². The van der Waals surface area contributed by atoms with Crippen LogP contribution in [-0.2, 0) is 6.42 Å². The normalized spacial score (nSPS) is 13.8. The summed E-state index contributed by atoms with van der Waals surface area (Å²) in [6.45, 7) is 2.26. The first-order chi connectivity index (χ1) is 6.92. The third kappa shape index (κ3) is 1.75. The predicted octanol–water partition coefficient (Wildman–Crippen LogP) is 2.46. The highest BCUT2D eigenvalue weighted by Crippen LogP contribution is 2.27. The average Bonchev–Trinajstić information content (AvgIpc) is 2.63. The summed E-state index contributed by atoms with van der Waals surface area (Å²) in [6, 6.07) is 8.65. The van der Waals surface area contributed by atoms with Gasteiger partial charge in [0.1, 0.15) is 0 Å². The Morgan fingerprint density at radius 1 is 1.36 bits per heavy atom. The van der Waals surface area contributed by atoms with Crippen molar-refractivity contribution >= 4 is 5.69 Å². The van der Waals surface area contributed by atoms with E-state index in [4.69, 9.17) is 6.42 Å². The van der Waals surface area contributed by atoms with Crippen molar-refractivity contribution in [3.8, 4) is 12.3 Å². The largest absolute Gasteiger partial charge is 0.371 e. The summed E-state index contributed by atoms with van der Waals surface area (Å²) in [5.41, 5.74) is 2.89. The molecule has 14 heavy (non-hydrogen) atoms. The maximum atomic E-state index is 5.24. The van der Waals surface area contributed by atoms with Gasteiger partial charge in [0.25, 0.3) is 0 Å². The molecule has 1 aromatic rings. The molecule has 1 nitrogen and oxygen atoms in total. The van der Waals surface area contributed by atoms with Gasteiger partial charge in [-0.1, -0.05) is 18.2 Å². The van der Waals surface area contributed by atoms with Crippen LogP contribution in [0.5, 0.6) is 0 Å². The first-order valence-electron chi connectivity index (χ1n) is 5.18. The van der Waals surface area contributed by atoms with Gasteiger partial charge in [-0.3, -0.25) is 0 Å². The standard InChI is InChI=1S/C13H15N/c1-2-3-6-10-14-11-9-12-7-4-5-8-13(12)14/h1,4-5,7-8H,3,6,9-11H2. The maximum Gasteiger partial charge on any atom is 0.0399 e. The number of anilines is 1. The molecule has 72 valence electrons. The van der Waals surface area contributed by atoms with Crippen molar-refractivity contribution in [1.29, 1.82) is 0 Å². The second kappa shape index (κ2) is 4.19. The van der Waals surface area contributed by atoms with E-state index >= 15 is 0 Å². The Hall–Kier alpha value is -1.42. The number of rotatable bonds is 3. The van der Waals surface area contributed by atoms with Crippen molar-refractivity contribution in [3.63, 3.8) is 0 Å². The number of hydrogen-bond donors (Lipinski definition) is 0. The molecule has 2 rings (SSSR count). The van der Waals surface area contributed by atoms with Crippen LogP contribution in [0, 0.1) is 12.3 Å². The Morgan fingerprint density at radius 3 is 3.07 bits per heavy atom. The predicted molar refractivity (Wildman–Crippen MR) is 60.4 cm³/mol. The summed E-state index contributed by atoms with van der Waals surface area (Å²) in [5, 5.41) is 0. The second-order valence-corrected chi connectivity index (χ2v) is 3.67. The van der Waals surface area contributed by atoms with E-state index in [1.165, 1.54) is 17.7 Å². The number of para-hydroxylation sites is 1. The average molecular weight is 185 g/mol. The molecule has 0 saturated heterocycles. The lowest BCUT2D eigenvalue weighted by molar-refractivity contribution is 0.769. The van der Waals surface area contributed by atoms with E-state index < -0.39 is 0 Å². The minimum Gasteiger partial charge on any atom is -0.371 e. The third-order valence-corrected chi connectivity index (χ3v) is 2.73. The van der Waals surface area contributed by atoms with Gasteiger partial charge in [-0.25, -0.2) is 0 Å². The van der Waals surface area contributed by atoms with Gasteiger partial charge in [-0.05, 0) is 24.5 Å². The summed E-state index contributed by atoms with van der Waals surface area (Å²) < 4.78 is 0. The molecule has 0 aliphatic carbocycles. The van der Waals surface area contributed by atoms with E-state index in [9.17, 15) is 0 Å². The molecule has 0 atom stereocenters. The highest BCUT2D eigenvalue weighted by atomic mass is 15.1. The molecule has 1 heteroatoms. The lowest BCUT2D eigenvalue weighted by Gasteiger charge is -2.18. The van der Waals surface area contributed by atoms with E-state index in [1.807, 2.05) is 0 Å². The van der Waals surface area contributed by atoms with Crippen molar-refractivity contribution < 1.29 is 0 Å². The zero-order valence-electron chi connectivity index (χ0n) is 8.37. The SMILES string of the molecule is C#CCCCN1CCc2ccccc21. The van der Waals surface area contributed by atoms with Crippen LogP contribution in [0.3, 0.4) is 0 Å². The van der Waals surface area contributed by atoms with Crippen molar-refractivity contribution in [3.05, 3.63) is 29.8 Å². The maximum absolute atomic E-state index is 5.24. The Balaban J connectivity index is 2.00. The molecule has 0 unspecified atom stereocenters. The molecule has 0 N–H and O–H groups in total. The Bertz CT molecular complexity index is 348. The summed E-state index contributed by atoms with van der Waals surface area (Å²) in [4.78, 5) is 2.44. The van der Waals surface area contributed by atoms with Crippen LogP contribution in [0.4, 0.5) is 5.69 Å². The van der Waals surface area contributed by atoms with Crippen LogP contribution in [0.2, 0.25) is 0 Å². The smallest absolute Gasteiger partial charge is 0.0399 e. The fourth-order valence-corrected chi connectivity index (χ4v) is 2.01. The van der Waals surface area contributed by atoms with Crippen LogP contribution in [0.25, 0.3) is 0 Å². The molecule has 0 radical (unpaired) electrons. The quantitative estimate of drug-likeness (QED) is 0.516. The highest BCUT2D eigenvalue weighted by molar-refractivity contribution is 5.57. The topological polar surface area (TPSA) is 3.24 Å². The van der Waals surface area contributed by atoms with Gasteiger partial charge in [0, 0.05) is 25.2 Å². The number of hydrogen-bond acceptors (Lipinski definition) is 1. The molecule has 1 aromatic carbocycles. The van der Waals surface area contributed by atoms with Gasteiger partial charge in [-0.2, -0.15) is 0 Å². The zero-order chi connectivity index (χ0) is 9.80. The fourth-order valence-electron chi connectivity index (χ4n) is 2.01. The minimum atomic E-state index is 0.888. The third-order valence-electron chi connectivity index (χ3n) is 2.73. The zero-order valence-corrected chi connectivity index (χ0v) is 8.37. The van der Waals surface area contributed by atoms with Crippen molar-refractivity contribution in [2.24, 2.45) is 0 Å². The summed E-state index contributed by atoms with van der Waals surface area (Å²) in [5.74, 6) is 2.69. The van der Waals surface area contributed by atoms with Gasteiger partial charge < -0.3 is 4.90 Å². The van der Waals surface area contributed by atoms with Crippen molar-refractivity contribution in [2.45, 2.75) is 19.3 Å².